The van der Waals surface area contributed by atoms with Crippen molar-refractivity contribution in [3.63, 3.8) is 0 Å². The molecule has 3 aromatic rings. The van der Waals surface area contributed by atoms with Gasteiger partial charge in [-0.05, 0) is 48.5 Å². The van der Waals surface area contributed by atoms with Crippen LogP contribution in [0.25, 0.3) is 11.3 Å². The molecule has 8 heteroatoms. The van der Waals surface area contributed by atoms with Crippen molar-refractivity contribution in [3.8, 4) is 11.3 Å². The van der Waals surface area contributed by atoms with E-state index in [1.165, 1.54) is 30.6 Å². The zero-order valence-corrected chi connectivity index (χ0v) is 13.8. The van der Waals surface area contributed by atoms with E-state index in [1.807, 2.05) is 0 Å². The molecule has 0 spiro atoms. The van der Waals surface area contributed by atoms with Crippen molar-refractivity contribution in [1.29, 1.82) is 0 Å². The van der Waals surface area contributed by atoms with E-state index in [9.17, 15) is 22.4 Å². The Kier molecular flexibility index (Phi) is 5.16. The molecule has 0 saturated carbocycles. The van der Waals surface area contributed by atoms with Gasteiger partial charge in [-0.3, -0.25) is 4.79 Å². The molecule has 1 N–H and O–H groups in total. The fourth-order valence-electron chi connectivity index (χ4n) is 2.38. The monoisotopic (exact) mass is 375 g/mol. The largest absolute Gasteiger partial charge is 0.416 e. The van der Waals surface area contributed by atoms with Gasteiger partial charge in [-0.25, -0.2) is 14.4 Å². The van der Waals surface area contributed by atoms with Crippen molar-refractivity contribution in [2.45, 2.75) is 12.7 Å². The Morgan fingerprint density at radius 2 is 1.74 bits per heavy atom. The minimum Gasteiger partial charge on any atom is -0.346 e. The number of rotatable bonds is 4. The van der Waals surface area contributed by atoms with Gasteiger partial charge in [-0.15, -0.1) is 0 Å². The van der Waals surface area contributed by atoms with E-state index in [1.54, 1.807) is 18.2 Å². The first-order valence-electron chi connectivity index (χ1n) is 7.85. The summed E-state index contributed by atoms with van der Waals surface area (Å²) in [5, 5.41) is 2.53. The minimum absolute atomic E-state index is 0.00575. The summed E-state index contributed by atoms with van der Waals surface area (Å²) in [6, 6.07) is 11.5. The number of benzene rings is 2. The Labute approximate surface area is 151 Å². The molecule has 138 valence electrons. The van der Waals surface area contributed by atoms with Gasteiger partial charge in [0.2, 0.25) is 0 Å². The summed E-state index contributed by atoms with van der Waals surface area (Å²) in [6.07, 6.45) is -3.22. The van der Waals surface area contributed by atoms with Gasteiger partial charge in [0.15, 0.2) is 0 Å². The topological polar surface area (TPSA) is 54.9 Å². The molecule has 0 fully saturated rings. The SMILES string of the molecule is O=C(NCc1cc(-c2ccc(F)cc2)ncn1)c1cccc(C(F)(F)F)c1. The quantitative estimate of drug-likeness (QED) is 0.695. The van der Waals surface area contributed by atoms with Crippen LogP contribution < -0.4 is 5.32 Å². The Morgan fingerprint density at radius 1 is 1.00 bits per heavy atom. The van der Waals surface area contributed by atoms with Crippen molar-refractivity contribution in [2.75, 3.05) is 0 Å². The highest BCUT2D eigenvalue weighted by Crippen LogP contribution is 2.29. The maximum absolute atomic E-state index is 13.0. The fourth-order valence-corrected chi connectivity index (χ4v) is 2.38. The van der Waals surface area contributed by atoms with Crippen LogP contribution in [-0.4, -0.2) is 15.9 Å². The summed E-state index contributed by atoms with van der Waals surface area (Å²) in [6.45, 7) is 0.00575. The van der Waals surface area contributed by atoms with E-state index >= 15 is 0 Å². The van der Waals surface area contributed by atoms with Crippen LogP contribution in [0.3, 0.4) is 0 Å². The average molecular weight is 375 g/mol. The molecule has 0 bridgehead atoms. The maximum Gasteiger partial charge on any atom is 0.416 e. The lowest BCUT2D eigenvalue weighted by molar-refractivity contribution is -0.137. The van der Waals surface area contributed by atoms with Crippen LogP contribution in [0.4, 0.5) is 17.6 Å². The first-order chi connectivity index (χ1) is 12.8. The maximum atomic E-state index is 13.0. The third-order valence-corrected chi connectivity index (χ3v) is 3.75. The molecule has 0 atom stereocenters. The number of carbonyl (C=O) groups excluding carboxylic acids is 1. The van der Waals surface area contributed by atoms with Crippen LogP contribution in [-0.2, 0) is 12.7 Å². The molecule has 1 aromatic heterocycles. The number of nitrogens with one attached hydrogen (secondary N) is 1. The Bertz CT molecular complexity index is 956. The first-order valence-corrected chi connectivity index (χ1v) is 7.85. The van der Waals surface area contributed by atoms with Gasteiger partial charge in [0.1, 0.15) is 12.1 Å². The molecule has 0 saturated heterocycles. The highest BCUT2D eigenvalue weighted by molar-refractivity contribution is 5.94. The number of hydrogen-bond acceptors (Lipinski definition) is 3. The average Bonchev–Trinajstić information content (AvgIpc) is 2.66. The Balaban J connectivity index is 1.71. The van der Waals surface area contributed by atoms with Gasteiger partial charge in [0, 0.05) is 11.1 Å². The van der Waals surface area contributed by atoms with E-state index in [4.69, 9.17) is 0 Å². The molecule has 0 aliphatic heterocycles. The number of amides is 1. The van der Waals surface area contributed by atoms with Gasteiger partial charge in [0.05, 0.1) is 23.5 Å². The predicted molar refractivity (Wildman–Crippen MR) is 90.0 cm³/mol. The summed E-state index contributed by atoms with van der Waals surface area (Å²) in [7, 11) is 0. The molecule has 0 aliphatic carbocycles. The lowest BCUT2D eigenvalue weighted by atomic mass is 10.1. The van der Waals surface area contributed by atoms with Crippen LogP contribution in [0.1, 0.15) is 21.6 Å². The molecule has 4 nitrogen and oxygen atoms in total. The van der Waals surface area contributed by atoms with Crippen molar-refractivity contribution in [1.82, 2.24) is 15.3 Å². The summed E-state index contributed by atoms with van der Waals surface area (Å²) in [5.74, 6) is -1.02. The van der Waals surface area contributed by atoms with E-state index in [0.29, 0.717) is 17.0 Å². The van der Waals surface area contributed by atoms with Gasteiger partial charge in [-0.2, -0.15) is 13.2 Å². The molecule has 0 aliphatic rings. The fraction of sp³-hybridized carbons (Fsp3) is 0.105. The summed E-state index contributed by atoms with van der Waals surface area (Å²) in [4.78, 5) is 20.2. The second kappa shape index (κ2) is 7.53. The van der Waals surface area contributed by atoms with Crippen LogP contribution in [0.2, 0.25) is 0 Å². The van der Waals surface area contributed by atoms with Gasteiger partial charge in [0.25, 0.3) is 5.91 Å². The third-order valence-electron chi connectivity index (χ3n) is 3.75. The summed E-state index contributed by atoms with van der Waals surface area (Å²) < 4.78 is 51.2. The van der Waals surface area contributed by atoms with Crippen LogP contribution in [0, 0.1) is 5.82 Å². The van der Waals surface area contributed by atoms with Gasteiger partial charge >= 0.3 is 6.18 Å². The zero-order valence-electron chi connectivity index (χ0n) is 13.8. The first kappa shape index (κ1) is 18.5. The van der Waals surface area contributed by atoms with E-state index < -0.39 is 17.6 Å². The van der Waals surface area contributed by atoms with E-state index in [-0.39, 0.29) is 17.9 Å². The molecular formula is C19H13F4N3O. The second-order valence-electron chi connectivity index (χ2n) is 5.66. The minimum atomic E-state index is -4.52. The van der Waals surface area contributed by atoms with Crippen LogP contribution in [0.5, 0.6) is 0 Å². The second-order valence-corrected chi connectivity index (χ2v) is 5.66. The van der Waals surface area contributed by atoms with Crippen LogP contribution >= 0.6 is 0 Å². The number of carbonyl (C=O) groups is 1. The lowest BCUT2D eigenvalue weighted by Gasteiger charge is -2.09. The van der Waals surface area contributed by atoms with Crippen LogP contribution in [0.15, 0.2) is 60.9 Å². The van der Waals surface area contributed by atoms with Gasteiger partial charge in [-0.1, -0.05) is 6.07 Å². The summed E-state index contributed by atoms with van der Waals surface area (Å²) >= 11 is 0. The predicted octanol–water partition coefficient (Wildman–Crippen LogP) is 4.23. The smallest absolute Gasteiger partial charge is 0.346 e. The number of aromatic nitrogens is 2. The van der Waals surface area contributed by atoms with E-state index in [0.717, 1.165) is 12.1 Å². The summed E-state index contributed by atoms with van der Waals surface area (Å²) in [5.41, 5.74) is 0.677. The zero-order chi connectivity index (χ0) is 19.4. The van der Waals surface area contributed by atoms with E-state index in [2.05, 4.69) is 15.3 Å². The molecule has 3 rings (SSSR count). The van der Waals surface area contributed by atoms with Crippen molar-refractivity contribution in [2.24, 2.45) is 0 Å². The molecule has 1 heterocycles. The van der Waals surface area contributed by atoms with Gasteiger partial charge < -0.3 is 5.32 Å². The van der Waals surface area contributed by atoms with Crippen molar-refractivity contribution < 1.29 is 22.4 Å². The third kappa shape index (κ3) is 4.66. The molecule has 0 radical (unpaired) electrons. The standard InChI is InChI=1S/C19H13F4N3O/c20-15-6-4-12(5-7-15)17-9-16(25-11-26-17)10-24-18(27)13-2-1-3-14(8-13)19(21,22)23/h1-9,11H,10H2,(H,24,27). The molecular weight excluding hydrogens is 362 g/mol. The number of hydrogen-bond donors (Lipinski definition) is 1. The normalized spacial score (nSPS) is 11.3. The number of halogens is 4. The molecule has 27 heavy (non-hydrogen) atoms. The highest BCUT2D eigenvalue weighted by Gasteiger charge is 2.30. The molecule has 1 amide bonds. The van der Waals surface area contributed by atoms with Crippen molar-refractivity contribution in [3.05, 3.63) is 83.6 Å². The lowest BCUT2D eigenvalue weighted by Crippen LogP contribution is -2.23. The molecule has 0 unspecified atom stereocenters. The highest BCUT2D eigenvalue weighted by atomic mass is 19.4. The number of nitrogens with zero attached hydrogens (tertiary/aromatic N) is 2. The van der Waals surface area contributed by atoms with Crippen molar-refractivity contribution >= 4 is 5.91 Å². The Hall–Kier alpha value is -3.29. The Morgan fingerprint density at radius 3 is 2.44 bits per heavy atom. The molecule has 2 aromatic carbocycles. The number of alkyl halides is 3.